The second kappa shape index (κ2) is 3.43. The van der Waals surface area contributed by atoms with Crippen molar-refractivity contribution in [1.29, 1.82) is 0 Å². The number of benzene rings is 2. The fourth-order valence-corrected chi connectivity index (χ4v) is 1.52. The third-order valence-electron chi connectivity index (χ3n) is 2.23. The molecule has 0 aliphatic carbocycles. The van der Waals surface area contributed by atoms with Crippen LogP contribution < -0.4 is 4.74 Å². The van der Waals surface area contributed by atoms with Crippen LogP contribution >= 0.6 is 0 Å². The molecule has 0 spiro atoms. The highest BCUT2D eigenvalue weighted by Crippen LogP contribution is 2.24. The number of terminal acetylenes is 1. The number of ether oxygens (including phenoxy) is 1. The number of methoxy groups -OCH3 is 1. The molecule has 0 fully saturated rings. The molecule has 0 unspecified atom stereocenters. The van der Waals surface area contributed by atoms with Crippen molar-refractivity contribution < 1.29 is 4.74 Å². The van der Waals surface area contributed by atoms with Crippen molar-refractivity contribution in [1.82, 2.24) is 0 Å². The summed E-state index contributed by atoms with van der Waals surface area (Å²) in [6, 6.07) is 11.9. The lowest BCUT2D eigenvalue weighted by Crippen LogP contribution is -1.85. The molecule has 14 heavy (non-hydrogen) atoms. The predicted molar refractivity (Wildman–Crippen MR) is 58.4 cm³/mol. The predicted octanol–water partition coefficient (Wildman–Crippen LogP) is 2.83. The van der Waals surface area contributed by atoms with Crippen LogP contribution in [0.15, 0.2) is 36.4 Å². The van der Waals surface area contributed by atoms with E-state index in [9.17, 15) is 0 Å². The first kappa shape index (κ1) is 8.65. The van der Waals surface area contributed by atoms with Gasteiger partial charge in [-0.2, -0.15) is 0 Å². The maximum atomic E-state index is 5.43. The van der Waals surface area contributed by atoms with Gasteiger partial charge in [0.15, 0.2) is 0 Å². The molecule has 68 valence electrons. The number of hydrogen-bond donors (Lipinski definition) is 0. The summed E-state index contributed by atoms with van der Waals surface area (Å²) in [5.41, 5.74) is 0.875. The Labute approximate surface area is 83.3 Å². The minimum absolute atomic E-state index is 0.802. The smallest absolute Gasteiger partial charge is 0.120 e. The zero-order valence-electron chi connectivity index (χ0n) is 7.95. The van der Waals surface area contributed by atoms with Crippen LogP contribution in [0.1, 0.15) is 5.56 Å². The van der Waals surface area contributed by atoms with Gasteiger partial charge in [0.1, 0.15) is 5.75 Å². The summed E-state index contributed by atoms with van der Waals surface area (Å²) >= 11 is 0. The topological polar surface area (TPSA) is 9.23 Å². The first-order valence-corrected chi connectivity index (χ1v) is 4.38. The van der Waals surface area contributed by atoms with Gasteiger partial charge in [0.2, 0.25) is 0 Å². The lowest BCUT2D eigenvalue weighted by Gasteiger charge is -2.04. The van der Waals surface area contributed by atoms with Crippen LogP contribution in [0.25, 0.3) is 10.8 Å². The molecule has 0 atom stereocenters. The molecule has 0 N–H and O–H groups in total. The van der Waals surface area contributed by atoms with Crippen molar-refractivity contribution in [2.24, 2.45) is 0 Å². The minimum Gasteiger partial charge on any atom is -0.497 e. The Hall–Kier alpha value is -1.94. The van der Waals surface area contributed by atoms with Gasteiger partial charge in [-0.1, -0.05) is 30.2 Å². The Morgan fingerprint density at radius 3 is 2.71 bits per heavy atom. The second-order valence-electron chi connectivity index (χ2n) is 3.04. The van der Waals surface area contributed by atoms with E-state index in [1.165, 1.54) is 0 Å². The van der Waals surface area contributed by atoms with Crippen LogP contribution in [-0.4, -0.2) is 7.11 Å². The molecule has 0 saturated carbocycles. The lowest BCUT2D eigenvalue weighted by molar-refractivity contribution is 0.415. The summed E-state index contributed by atoms with van der Waals surface area (Å²) in [6.07, 6.45) is 5.43. The van der Waals surface area contributed by atoms with E-state index in [0.29, 0.717) is 0 Å². The Bertz CT molecular complexity index is 506. The third kappa shape index (κ3) is 1.31. The Morgan fingerprint density at radius 2 is 2.00 bits per heavy atom. The highest BCUT2D eigenvalue weighted by molar-refractivity contribution is 5.89. The number of rotatable bonds is 1. The molecule has 1 nitrogen and oxygen atoms in total. The van der Waals surface area contributed by atoms with E-state index in [1.807, 2.05) is 36.4 Å². The fourth-order valence-electron chi connectivity index (χ4n) is 1.52. The normalized spacial score (nSPS) is 9.71. The van der Waals surface area contributed by atoms with Crippen molar-refractivity contribution in [3.05, 3.63) is 42.0 Å². The van der Waals surface area contributed by atoms with Gasteiger partial charge in [-0.15, -0.1) is 6.42 Å². The quantitative estimate of drug-likeness (QED) is 0.616. The largest absolute Gasteiger partial charge is 0.497 e. The summed E-state index contributed by atoms with van der Waals surface area (Å²) in [4.78, 5) is 0. The lowest BCUT2D eigenvalue weighted by atomic mass is 10.0. The maximum absolute atomic E-state index is 5.43. The third-order valence-corrected chi connectivity index (χ3v) is 2.23. The van der Waals surface area contributed by atoms with E-state index in [1.54, 1.807) is 7.11 Å². The zero-order valence-corrected chi connectivity index (χ0v) is 7.95. The van der Waals surface area contributed by atoms with Crippen LogP contribution in [0, 0.1) is 12.3 Å². The molecule has 2 aromatic rings. The molecule has 1 heteroatoms. The van der Waals surface area contributed by atoms with E-state index in [-0.39, 0.29) is 0 Å². The summed E-state index contributed by atoms with van der Waals surface area (Å²) in [5.74, 6) is 3.47. The van der Waals surface area contributed by atoms with Gasteiger partial charge in [-0.05, 0) is 22.9 Å². The molecule has 0 saturated heterocycles. The maximum Gasteiger partial charge on any atom is 0.120 e. The van der Waals surface area contributed by atoms with Gasteiger partial charge in [0.25, 0.3) is 0 Å². The molecule has 0 radical (unpaired) electrons. The van der Waals surface area contributed by atoms with Crippen LogP contribution in [0.5, 0.6) is 5.75 Å². The van der Waals surface area contributed by atoms with Gasteiger partial charge in [0.05, 0.1) is 7.11 Å². The SMILES string of the molecule is C#Cc1cc(OC)cc2ccccc12. The van der Waals surface area contributed by atoms with E-state index in [0.717, 1.165) is 22.1 Å². The molecule has 2 aromatic carbocycles. The number of fused-ring (bicyclic) bond motifs is 1. The van der Waals surface area contributed by atoms with Gasteiger partial charge < -0.3 is 4.74 Å². The fraction of sp³-hybridized carbons (Fsp3) is 0.0769. The zero-order chi connectivity index (χ0) is 9.97. The van der Waals surface area contributed by atoms with E-state index >= 15 is 0 Å². The van der Waals surface area contributed by atoms with Crippen LogP contribution in [0.3, 0.4) is 0 Å². The van der Waals surface area contributed by atoms with E-state index in [2.05, 4.69) is 5.92 Å². The molecule has 0 bridgehead atoms. The van der Waals surface area contributed by atoms with Crippen molar-refractivity contribution in [3.63, 3.8) is 0 Å². The van der Waals surface area contributed by atoms with Gasteiger partial charge in [0, 0.05) is 5.56 Å². The number of hydrogen-bond acceptors (Lipinski definition) is 1. The molecular weight excluding hydrogens is 172 g/mol. The highest BCUT2D eigenvalue weighted by atomic mass is 16.5. The van der Waals surface area contributed by atoms with Crippen molar-refractivity contribution in [2.75, 3.05) is 7.11 Å². The van der Waals surface area contributed by atoms with Crippen molar-refractivity contribution >= 4 is 10.8 Å². The standard InChI is InChI=1S/C13H10O/c1-3-10-8-12(14-2)9-11-6-4-5-7-13(10)11/h1,4-9H,2H3. The minimum atomic E-state index is 0.802. The molecule has 0 aliphatic rings. The summed E-state index contributed by atoms with van der Waals surface area (Å²) in [7, 11) is 1.64. The molecular formula is C13H10O. The summed E-state index contributed by atoms with van der Waals surface area (Å²) in [5, 5.41) is 2.20. The highest BCUT2D eigenvalue weighted by Gasteiger charge is 2.01. The van der Waals surface area contributed by atoms with Gasteiger partial charge >= 0.3 is 0 Å². The Morgan fingerprint density at radius 1 is 1.21 bits per heavy atom. The molecule has 0 amide bonds. The van der Waals surface area contributed by atoms with Crippen LogP contribution in [-0.2, 0) is 0 Å². The van der Waals surface area contributed by atoms with Gasteiger partial charge in [-0.3, -0.25) is 0 Å². The van der Waals surface area contributed by atoms with Crippen LogP contribution in [0.2, 0.25) is 0 Å². The van der Waals surface area contributed by atoms with E-state index < -0.39 is 0 Å². The monoisotopic (exact) mass is 182 g/mol. The molecule has 0 heterocycles. The Kier molecular flexibility index (Phi) is 2.12. The van der Waals surface area contributed by atoms with Crippen molar-refractivity contribution in [3.8, 4) is 18.1 Å². The molecule has 2 rings (SSSR count). The average molecular weight is 182 g/mol. The average Bonchev–Trinajstić information content (AvgIpc) is 2.27. The molecule has 0 aromatic heterocycles. The van der Waals surface area contributed by atoms with Crippen LogP contribution in [0.4, 0.5) is 0 Å². The first-order valence-electron chi connectivity index (χ1n) is 4.38. The van der Waals surface area contributed by atoms with Gasteiger partial charge in [-0.25, -0.2) is 0 Å². The van der Waals surface area contributed by atoms with Crippen molar-refractivity contribution in [2.45, 2.75) is 0 Å². The molecule has 0 aliphatic heterocycles. The Balaban J connectivity index is 2.82. The summed E-state index contributed by atoms with van der Waals surface area (Å²) < 4.78 is 5.17. The first-order chi connectivity index (χ1) is 6.85. The van der Waals surface area contributed by atoms with E-state index in [4.69, 9.17) is 11.2 Å². The second-order valence-corrected chi connectivity index (χ2v) is 3.04. The summed E-state index contributed by atoms with van der Waals surface area (Å²) in [6.45, 7) is 0.